The number of hydrogen-bond donors (Lipinski definition) is 1. The predicted octanol–water partition coefficient (Wildman–Crippen LogP) is 5.23. The molecule has 1 fully saturated rings. The Morgan fingerprint density at radius 2 is 1.95 bits per heavy atom. The van der Waals surface area contributed by atoms with Gasteiger partial charge in [0.2, 0.25) is 0 Å². The van der Waals surface area contributed by atoms with Crippen LogP contribution in [0.15, 0.2) is 22.7 Å². The topological polar surface area (TPSA) is 12.0 Å². The molecule has 2 heteroatoms. The Morgan fingerprint density at radius 3 is 2.58 bits per heavy atom. The highest BCUT2D eigenvalue weighted by atomic mass is 79.9. The molecule has 0 spiro atoms. The Morgan fingerprint density at radius 1 is 1.26 bits per heavy atom. The monoisotopic (exact) mass is 323 g/mol. The van der Waals surface area contributed by atoms with Crippen LogP contribution in [-0.4, -0.2) is 6.54 Å². The summed E-state index contributed by atoms with van der Waals surface area (Å²) >= 11 is 3.67. The quantitative estimate of drug-likeness (QED) is 0.799. The van der Waals surface area contributed by atoms with Crippen molar-refractivity contribution in [3.8, 4) is 0 Å². The van der Waals surface area contributed by atoms with E-state index in [2.05, 4.69) is 60.2 Å². The van der Waals surface area contributed by atoms with Crippen molar-refractivity contribution in [2.45, 2.75) is 52.5 Å². The maximum Gasteiger partial charge on any atom is 0.0351 e. The second kappa shape index (κ2) is 6.90. The van der Waals surface area contributed by atoms with E-state index in [9.17, 15) is 0 Å². The lowest BCUT2D eigenvalue weighted by molar-refractivity contribution is 0.232. The van der Waals surface area contributed by atoms with E-state index in [4.69, 9.17) is 0 Å². The van der Waals surface area contributed by atoms with E-state index in [0.717, 1.165) is 18.4 Å². The van der Waals surface area contributed by atoms with Gasteiger partial charge in [-0.05, 0) is 55.3 Å². The molecule has 0 bridgehead atoms. The van der Waals surface area contributed by atoms with Crippen LogP contribution in [0.1, 0.15) is 56.7 Å². The van der Waals surface area contributed by atoms with Crippen LogP contribution in [0.5, 0.6) is 0 Å². The van der Waals surface area contributed by atoms with Gasteiger partial charge in [0.25, 0.3) is 0 Å². The number of benzene rings is 1. The van der Waals surface area contributed by atoms with Crippen molar-refractivity contribution in [1.82, 2.24) is 5.32 Å². The van der Waals surface area contributed by atoms with E-state index >= 15 is 0 Å². The van der Waals surface area contributed by atoms with E-state index in [1.165, 1.54) is 41.3 Å². The van der Waals surface area contributed by atoms with Gasteiger partial charge in [0, 0.05) is 10.5 Å². The van der Waals surface area contributed by atoms with Gasteiger partial charge in [-0.2, -0.15) is 0 Å². The summed E-state index contributed by atoms with van der Waals surface area (Å²) in [6.07, 6.45) is 5.51. The van der Waals surface area contributed by atoms with Gasteiger partial charge in [-0.25, -0.2) is 0 Å². The Hall–Kier alpha value is -0.340. The van der Waals surface area contributed by atoms with Crippen LogP contribution in [0, 0.1) is 18.8 Å². The molecule has 0 aliphatic heterocycles. The first-order valence-electron chi connectivity index (χ1n) is 7.61. The SMILES string of the molecule is CCNC(c1cccc(Br)c1C)C1CCC(C)CC1. The first-order valence-corrected chi connectivity index (χ1v) is 8.41. The molecule has 0 heterocycles. The molecule has 106 valence electrons. The summed E-state index contributed by atoms with van der Waals surface area (Å²) in [5, 5.41) is 3.73. The molecule has 1 aliphatic rings. The fraction of sp³-hybridized carbons (Fsp3) is 0.647. The van der Waals surface area contributed by atoms with E-state index in [1.807, 2.05) is 0 Å². The Kier molecular flexibility index (Phi) is 5.47. The van der Waals surface area contributed by atoms with Crippen LogP contribution in [0.25, 0.3) is 0 Å². The maximum atomic E-state index is 3.73. The molecule has 0 amide bonds. The minimum atomic E-state index is 0.523. The molecule has 0 saturated heterocycles. The second-order valence-corrected chi connectivity index (χ2v) is 6.86. The molecule has 1 aromatic rings. The van der Waals surface area contributed by atoms with Gasteiger partial charge in [0.15, 0.2) is 0 Å². The van der Waals surface area contributed by atoms with Crippen LogP contribution in [0.3, 0.4) is 0 Å². The highest BCUT2D eigenvalue weighted by Gasteiger charge is 2.27. The zero-order valence-electron chi connectivity index (χ0n) is 12.4. The maximum absolute atomic E-state index is 3.73. The number of hydrogen-bond acceptors (Lipinski definition) is 1. The lowest BCUT2D eigenvalue weighted by Crippen LogP contribution is -2.31. The third-order valence-corrected chi connectivity index (χ3v) is 5.46. The molecule has 1 nitrogen and oxygen atoms in total. The van der Waals surface area contributed by atoms with Crippen molar-refractivity contribution in [2.24, 2.45) is 11.8 Å². The molecule has 2 rings (SSSR count). The average molecular weight is 324 g/mol. The van der Waals surface area contributed by atoms with E-state index < -0.39 is 0 Å². The summed E-state index contributed by atoms with van der Waals surface area (Å²) in [6, 6.07) is 7.13. The van der Waals surface area contributed by atoms with Crippen molar-refractivity contribution >= 4 is 15.9 Å². The molecular formula is C17H26BrN. The standard InChI is InChI=1S/C17H26BrN/c1-4-19-17(14-10-8-12(2)9-11-14)15-6-5-7-16(18)13(15)3/h5-7,12,14,17,19H,4,8-11H2,1-3H3. The third-order valence-electron chi connectivity index (χ3n) is 4.60. The lowest BCUT2D eigenvalue weighted by Gasteiger charge is -2.34. The normalized spacial score (nSPS) is 25.3. The van der Waals surface area contributed by atoms with Gasteiger partial charge in [-0.3, -0.25) is 0 Å². The van der Waals surface area contributed by atoms with Crippen molar-refractivity contribution < 1.29 is 0 Å². The number of rotatable bonds is 4. The van der Waals surface area contributed by atoms with Crippen LogP contribution < -0.4 is 5.32 Å². The van der Waals surface area contributed by atoms with Crippen molar-refractivity contribution in [3.05, 3.63) is 33.8 Å². The van der Waals surface area contributed by atoms with Gasteiger partial charge in [-0.15, -0.1) is 0 Å². The summed E-state index contributed by atoms with van der Waals surface area (Å²) in [6.45, 7) is 7.88. The molecule has 1 aromatic carbocycles. The van der Waals surface area contributed by atoms with Crippen LogP contribution in [0.4, 0.5) is 0 Å². The van der Waals surface area contributed by atoms with Crippen molar-refractivity contribution in [3.63, 3.8) is 0 Å². The lowest BCUT2D eigenvalue weighted by atomic mass is 9.76. The van der Waals surface area contributed by atoms with E-state index in [-0.39, 0.29) is 0 Å². The molecule has 1 aliphatic carbocycles. The summed E-state index contributed by atoms with van der Waals surface area (Å²) in [7, 11) is 0. The van der Waals surface area contributed by atoms with Gasteiger partial charge in [0.1, 0.15) is 0 Å². The van der Waals surface area contributed by atoms with Crippen LogP contribution >= 0.6 is 15.9 Å². The summed E-state index contributed by atoms with van der Waals surface area (Å²) in [4.78, 5) is 0. The zero-order valence-corrected chi connectivity index (χ0v) is 14.0. The van der Waals surface area contributed by atoms with Gasteiger partial charge in [-0.1, -0.05) is 54.8 Å². The molecule has 1 atom stereocenters. The molecule has 1 unspecified atom stereocenters. The van der Waals surface area contributed by atoms with E-state index in [1.54, 1.807) is 0 Å². The first kappa shape index (κ1) is 15.1. The van der Waals surface area contributed by atoms with E-state index in [0.29, 0.717) is 6.04 Å². The van der Waals surface area contributed by atoms with Crippen molar-refractivity contribution in [2.75, 3.05) is 6.54 Å². The first-order chi connectivity index (χ1) is 9.13. The van der Waals surface area contributed by atoms with Crippen molar-refractivity contribution in [1.29, 1.82) is 0 Å². The predicted molar refractivity (Wildman–Crippen MR) is 86.4 cm³/mol. The molecule has 19 heavy (non-hydrogen) atoms. The molecular weight excluding hydrogens is 298 g/mol. The smallest absolute Gasteiger partial charge is 0.0351 e. The molecule has 0 radical (unpaired) electrons. The zero-order chi connectivity index (χ0) is 13.8. The second-order valence-electron chi connectivity index (χ2n) is 6.01. The average Bonchev–Trinajstić information content (AvgIpc) is 2.41. The highest BCUT2D eigenvalue weighted by molar-refractivity contribution is 9.10. The Balaban J connectivity index is 2.22. The molecule has 1 N–H and O–H groups in total. The summed E-state index contributed by atoms with van der Waals surface area (Å²) < 4.78 is 1.23. The fourth-order valence-electron chi connectivity index (χ4n) is 3.33. The molecule has 0 aromatic heterocycles. The van der Waals surface area contributed by atoms with Crippen LogP contribution in [-0.2, 0) is 0 Å². The Labute approximate surface area is 126 Å². The fourth-order valence-corrected chi connectivity index (χ4v) is 3.71. The highest BCUT2D eigenvalue weighted by Crippen LogP contribution is 2.38. The van der Waals surface area contributed by atoms with Gasteiger partial charge < -0.3 is 5.32 Å². The van der Waals surface area contributed by atoms with Gasteiger partial charge >= 0.3 is 0 Å². The summed E-state index contributed by atoms with van der Waals surface area (Å²) in [5.74, 6) is 1.71. The number of nitrogens with one attached hydrogen (secondary N) is 1. The summed E-state index contributed by atoms with van der Waals surface area (Å²) in [5.41, 5.74) is 2.88. The molecule has 1 saturated carbocycles. The van der Waals surface area contributed by atoms with Crippen LogP contribution in [0.2, 0.25) is 0 Å². The number of halogens is 1. The van der Waals surface area contributed by atoms with Gasteiger partial charge in [0.05, 0.1) is 0 Å². The third kappa shape index (κ3) is 3.61. The minimum Gasteiger partial charge on any atom is -0.310 e. The Bertz CT molecular complexity index is 408. The minimum absolute atomic E-state index is 0.523. The largest absolute Gasteiger partial charge is 0.310 e.